The van der Waals surface area contributed by atoms with Gasteiger partial charge in [0.2, 0.25) is 0 Å². The maximum Gasteiger partial charge on any atom is 0.125 e. The molecule has 1 heterocycles. The Morgan fingerprint density at radius 1 is 0.800 bits per heavy atom. The Morgan fingerprint density at radius 3 is 1.96 bits per heavy atom. The van der Waals surface area contributed by atoms with Gasteiger partial charge in [-0.2, -0.15) is 0 Å². The predicted octanol–water partition coefficient (Wildman–Crippen LogP) is 5.56. The van der Waals surface area contributed by atoms with Gasteiger partial charge in [-0.1, -0.05) is 36.8 Å². The summed E-state index contributed by atoms with van der Waals surface area (Å²) in [6.45, 7) is 8.59. The molecule has 2 nitrogen and oxygen atoms in total. The summed E-state index contributed by atoms with van der Waals surface area (Å²) in [7, 11) is 0. The third-order valence-corrected chi connectivity index (χ3v) is 5.89. The van der Waals surface area contributed by atoms with Crippen molar-refractivity contribution in [1.82, 2.24) is 9.97 Å². The van der Waals surface area contributed by atoms with Crippen LogP contribution in [0.1, 0.15) is 66.5 Å². The smallest absolute Gasteiger partial charge is 0.125 e. The zero-order valence-electron chi connectivity index (χ0n) is 16.3. The topological polar surface area (TPSA) is 25.8 Å². The summed E-state index contributed by atoms with van der Waals surface area (Å²) in [6, 6.07) is 9.10. The van der Waals surface area contributed by atoms with Crippen molar-refractivity contribution < 1.29 is 0 Å². The maximum atomic E-state index is 4.76. The Kier molecular flexibility index (Phi) is 5.88. The van der Waals surface area contributed by atoms with E-state index in [9.17, 15) is 0 Å². The number of aryl methyl sites for hydroxylation is 3. The van der Waals surface area contributed by atoms with E-state index in [0.717, 1.165) is 30.5 Å². The van der Waals surface area contributed by atoms with Crippen LogP contribution in [0.25, 0.3) is 0 Å². The second-order valence-corrected chi connectivity index (χ2v) is 7.92. The molecule has 25 heavy (non-hydrogen) atoms. The maximum absolute atomic E-state index is 4.76. The highest BCUT2D eigenvalue weighted by molar-refractivity contribution is 5.25. The van der Waals surface area contributed by atoms with Crippen molar-refractivity contribution in [2.75, 3.05) is 0 Å². The summed E-state index contributed by atoms with van der Waals surface area (Å²) in [5.74, 6) is 2.59. The molecule has 1 aromatic carbocycles. The summed E-state index contributed by atoms with van der Waals surface area (Å²) in [5.41, 5.74) is 6.72. The number of nitrogens with zero attached hydrogens (tertiary/aromatic N) is 2. The van der Waals surface area contributed by atoms with Crippen LogP contribution in [0, 0.1) is 32.6 Å². The van der Waals surface area contributed by atoms with E-state index in [1.807, 2.05) is 6.92 Å². The first-order valence-corrected chi connectivity index (χ1v) is 9.93. The largest absolute Gasteiger partial charge is 0.238 e. The summed E-state index contributed by atoms with van der Waals surface area (Å²) < 4.78 is 0. The van der Waals surface area contributed by atoms with Crippen LogP contribution in [0.4, 0.5) is 0 Å². The quantitative estimate of drug-likeness (QED) is 0.715. The molecular weight excluding hydrogens is 304 g/mol. The van der Waals surface area contributed by atoms with Crippen molar-refractivity contribution in [3.63, 3.8) is 0 Å². The zero-order chi connectivity index (χ0) is 17.8. The molecule has 3 rings (SSSR count). The minimum Gasteiger partial charge on any atom is -0.238 e. The third-order valence-electron chi connectivity index (χ3n) is 5.89. The molecule has 1 saturated carbocycles. The van der Waals surface area contributed by atoms with Gasteiger partial charge in [-0.05, 0) is 88.7 Å². The second-order valence-electron chi connectivity index (χ2n) is 7.92. The van der Waals surface area contributed by atoms with Crippen LogP contribution in [0.15, 0.2) is 24.3 Å². The Hall–Kier alpha value is -1.70. The molecule has 134 valence electrons. The van der Waals surface area contributed by atoms with Crippen LogP contribution >= 0.6 is 0 Å². The fraction of sp³-hybridized carbons (Fsp3) is 0.565. The lowest BCUT2D eigenvalue weighted by Gasteiger charge is -2.29. The fourth-order valence-electron chi connectivity index (χ4n) is 4.26. The van der Waals surface area contributed by atoms with E-state index in [-0.39, 0.29) is 0 Å². The molecule has 1 aliphatic carbocycles. The van der Waals surface area contributed by atoms with Gasteiger partial charge in [0.15, 0.2) is 0 Å². The number of hydrogen-bond donors (Lipinski definition) is 0. The van der Waals surface area contributed by atoms with E-state index in [1.54, 1.807) is 0 Å². The highest BCUT2D eigenvalue weighted by Crippen LogP contribution is 2.33. The van der Waals surface area contributed by atoms with Crippen LogP contribution in [0.3, 0.4) is 0 Å². The van der Waals surface area contributed by atoms with Gasteiger partial charge in [-0.15, -0.1) is 0 Å². The monoisotopic (exact) mass is 336 g/mol. The Morgan fingerprint density at radius 2 is 1.36 bits per heavy atom. The van der Waals surface area contributed by atoms with Crippen LogP contribution in [0.5, 0.6) is 0 Å². The summed E-state index contributed by atoms with van der Waals surface area (Å²) in [4.78, 5) is 9.36. The van der Waals surface area contributed by atoms with Gasteiger partial charge >= 0.3 is 0 Å². The van der Waals surface area contributed by atoms with Crippen LogP contribution < -0.4 is 0 Å². The van der Waals surface area contributed by atoms with Gasteiger partial charge in [-0.3, -0.25) is 0 Å². The molecule has 0 bridgehead atoms. The van der Waals surface area contributed by atoms with Crippen LogP contribution in [0.2, 0.25) is 0 Å². The fourth-order valence-corrected chi connectivity index (χ4v) is 4.26. The van der Waals surface area contributed by atoms with E-state index < -0.39 is 0 Å². The predicted molar refractivity (Wildman–Crippen MR) is 105 cm³/mol. The molecule has 0 N–H and O–H groups in total. The van der Waals surface area contributed by atoms with E-state index in [0.29, 0.717) is 0 Å². The van der Waals surface area contributed by atoms with Crippen molar-refractivity contribution in [2.45, 2.75) is 72.6 Å². The molecule has 0 saturated heterocycles. The highest BCUT2D eigenvalue weighted by atomic mass is 14.9. The van der Waals surface area contributed by atoms with Gasteiger partial charge < -0.3 is 0 Å². The van der Waals surface area contributed by atoms with Crippen molar-refractivity contribution in [2.24, 2.45) is 11.8 Å². The zero-order valence-corrected chi connectivity index (χ0v) is 16.3. The molecule has 0 atom stereocenters. The summed E-state index contributed by atoms with van der Waals surface area (Å²) in [5, 5.41) is 0. The van der Waals surface area contributed by atoms with E-state index in [4.69, 9.17) is 4.98 Å². The van der Waals surface area contributed by atoms with Gasteiger partial charge in [-0.25, -0.2) is 9.97 Å². The Balaban J connectivity index is 1.56. The molecule has 2 heteroatoms. The molecule has 2 aromatic rings. The summed E-state index contributed by atoms with van der Waals surface area (Å²) in [6.07, 6.45) is 8.81. The van der Waals surface area contributed by atoms with Crippen molar-refractivity contribution in [1.29, 1.82) is 0 Å². The number of aromatic nitrogens is 2. The molecule has 0 unspecified atom stereocenters. The summed E-state index contributed by atoms with van der Waals surface area (Å²) >= 11 is 0. The minimum atomic E-state index is 0.798. The lowest BCUT2D eigenvalue weighted by atomic mass is 9.77. The van der Waals surface area contributed by atoms with Gasteiger partial charge in [0.25, 0.3) is 0 Å². The third kappa shape index (κ3) is 4.68. The number of hydrogen-bond acceptors (Lipinski definition) is 2. The SMILES string of the molecule is CCc1nc(C)nc(CC2CCC(Cc3ccc(C)cc3)CC2)c1C. The molecule has 0 spiro atoms. The molecule has 0 radical (unpaired) electrons. The van der Waals surface area contributed by atoms with Gasteiger partial charge in [0, 0.05) is 11.4 Å². The van der Waals surface area contributed by atoms with Gasteiger partial charge in [0.05, 0.1) is 0 Å². The number of benzene rings is 1. The molecule has 1 aliphatic rings. The molecule has 0 aliphatic heterocycles. The first kappa shape index (κ1) is 18.1. The molecule has 1 aromatic heterocycles. The van der Waals surface area contributed by atoms with Crippen LogP contribution in [-0.4, -0.2) is 9.97 Å². The van der Waals surface area contributed by atoms with E-state index in [1.165, 1.54) is 60.2 Å². The van der Waals surface area contributed by atoms with Crippen molar-refractivity contribution >= 4 is 0 Å². The van der Waals surface area contributed by atoms with E-state index in [2.05, 4.69) is 50.0 Å². The second kappa shape index (κ2) is 8.12. The van der Waals surface area contributed by atoms with Crippen molar-refractivity contribution in [3.05, 3.63) is 58.2 Å². The number of rotatable bonds is 5. The van der Waals surface area contributed by atoms with Gasteiger partial charge in [0.1, 0.15) is 5.82 Å². The average Bonchev–Trinajstić information content (AvgIpc) is 2.61. The van der Waals surface area contributed by atoms with Crippen LogP contribution in [-0.2, 0) is 19.3 Å². The standard InChI is InChI=1S/C23H32N2/c1-5-22-17(3)23(25-18(4)24-22)15-21-12-10-20(11-13-21)14-19-8-6-16(2)7-9-19/h6-9,20-21H,5,10-15H2,1-4H3. The Bertz CT molecular complexity index is 695. The molecular formula is C23H32N2. The minimum absolute atomic E-state index is 0.798. The molecule has 1 fully saturated rings. The first-order chi connectivity index (χ1) is 12.0. The lowest BCUT2D eigenvalue weighted by molar-refractivity contribution is 0.270. The van der Waals surface area contributed by atoms with Crippen molar-refractivity contribution in [3.8, 4) is 0 Å². The highest BCUT2D eigenvalue weighted by Gasteiger charge is 2.23. The Labute approximate surface area is 153 Å². The lowest BCUT2D eigenvalue weighted by Crippen LogP contribution is -2.19. The first-order valence-electron chi connectivity index (χ1n) is 9.93. The normalized spacial score (nSPS) is 20.6. The van der Waals surface area contributed by atoms with E-state index >= 15 is 0 Å². The molecule has 0 amide bonds. The average molecular weight is 337 g/mol.